The van der Waals surface area contributed by atoms with Crippen molar-refractivity contribution in [3.63, 3.8) is 0 Å². The van der Waals surface area contributed by atoms with Crippen molar-refractivity contribution in [3.8, 4) is 0 Å². The summed E-state index contributed by atoms with van der Waals surface area (Å²) in [7, 11) is -5.22. The van der Waals surface area contributed by atoms with E-state index in [9.17, 15) is 17.2 Å². The monoisotopic (exact) mass is 442 g/mol. The molecule has 0 amide bonds. The van der Waals surface area contributed by atoms with Crippen LogP contribution in [0.5, 0.6) is 0 Å². The third kappa shape index (κ3) is 3.80. The first-order chi connectivity index (χ1) is 10.4. The maximum absolute atomic E-state index is 13.4. The molecule has 0 atom stereocenters. The van der Waals surface area contributed by atoms with Crippen LogP contribution in [0.15, 0.2) is 60.7 Å². The summed E-state index contributed by atoms with van der Waals surface area (Å²) in [5, 5.41) is 4.26. The number of halogens is 3. The molecule has 0 aliphatic carbocycles. The van der Waals surface area contributed by atoms with Gasteiger partial charge in [0.25, 0.3) is 0 Å². The molecule has 0 heterocycles. The third-order valence-electron chi connectivity index (χ3n) is 2.56. The number of aliphatic hydroxyl groups is 1. The first-order valence-electron chi connectivity index (χ1n) is 6.11. The van der Waals surface area contributed by atoms with Crippen LogP contribution in [0.1, 0.15) is 0 Å². The summed E-state index contributed by atoms with van der Waals surface area (Å²) in [6, 6.07) is 16.8. The van der Waals surface area contributed by atoms with Gasteiger partial charge < -0.3 is 0 Å². The molecule has 0 aliphatic heterocycles. The summed E-state index contributed by atoms with van der Waals surface area (Å²) in [5.74, 6) is 0. The van der Waals surface area contributed by atoms with Gasteiger partial charge in [-0.1, -0.05) is 0 Å². The minimum absolute atomic E-state index is 0.565. The Morgan fingerprint density at radius 2 is 1.36 bits per heavy atom. The predicted molar refractivity (Wildman–Crippen MR) is 86.3 cm³/mol. The van der Waals surface area contributed by atoms with E-state index < -0.39 is 42.2 Å². The number of alkyl halides is 2. The molecule has 0 aliphatic rings. The van der Waals surface area contributed by atoms with E-state index in [2.05, 4.69) is 0 Å². The van der Waals surface area contributed by atoms with Gasteiger partial charge in [-0.3, -0.25) is 0 Å². The van der Waals surface area contributed by atoms with E-state index in [0.29, 0.717) is 7.14 Å². The molecule has 0 fully saturated rings. The van der Waals surface area contributed by atoms with E-state index in [4.69, 9.17) is 7.62 Å². The number of hydrogen-bond donors (Lipinski definition) is 1. The zero-order valence-corrected chi connectivity index (χ0v) is 14.2. The molecular formula is C14H13F2IO4S. The van der Waals surface area contributed by atoms with Gasteiger partial charge in [0.05, 0.1) is 0 Å². The van der Waals surface area contributed by atoms with Gasteiger partial charge in [-0.2, -0.15) is 0 Å². The van der Waals surface area contributed by atoms with Crippen LogP contribution in [0, 0.1) is 7.14 Å². The Morgan fingerprint density at radius 3 is 1.73 bits per heavy atom. The van der Waals surface area contributed by atoms with Gasteiger partial charge in [0.2, 0.25) is 0 Å². The second-order valence-electron chi connectivity index (χ2n) is 4.15. The predicted octanol–water partition coefficient (Wildman–Crippen LogP) is 3.08. The second kappa shape index (κ2) is 6.99. The third-order valence-corrected chi connectivity index (χ3v) is 9.91. The van der Waals surface area contributed by atoms with E-state index in [0.717, 1.165) is 0 Å². The molecule has 120 valence electrons. The molecule has 4 nitrogen and oxygen atoms in total. The van der Waals surface area contributed by atoms with Crippen LogP contribution in [0.3, 0.4) is 0 Å². The molecular weight excluding hydrogens is 429 g/mol. The van der Waals surface area contributed by atoms with Crippen LogP contribution in [0.2, 0.25) is 0 Å². The summed E-state index contributed by atoms with van der Waals surface area (Å²) >= 11 is -3.08. The molecule has 2 aromatic rings. The van der Waals surface area contributed by atoms with Gasteiger partial charge >= 0.3 is 135 Å². The molecule has 22 heavy (non-hydrogen) atoms. The molecule has 1 N–H and O–H groups in total. The molecule has 0 saturated carbocycles. The van der Waals surface area contributed by atoms with E-state index in [1.54, 1.807) is 60.7 Å². The average molecular weight is 442 g/mol. The Hall–Kier alpha value is -1.10. The van der Waals surface area contributed by atoms with E-state index >= 15 is 0 Å². The fourth-order valence-corrected chi connectivity index (χ4v) is 8.34. The first kappa shape index (κ1) is 17.3. The van der Waals surface area contributed by atoms with Crippen molar-refractivity contribution in [2.45, 2.75) is 5.25 Å². The summed E-state index contributed by atoms with van der Waals surface area (Å²) in [6.07, 6.45) is 0. The van der Waals surface area contributed by atoms with Crippen LogP contribution >= 0.6 is 20.2 Å². The summed E-state index contributed by atoms with van der Waals surface area (Å²) < 4.78 is 56.3. The van der Waals surface area contributed by atoms with Gasteiger partial charge in [0, 0.05) is 0 Å². The molecule has 0 unspecified atom stereocenters. The number of rotatable bonds is 6. The van der Waals surface area contributed by atoms with Gasteiger partial charge in [-0.15, -0.1) is 0 Å². The molecule has 2 aromatic carbocycles. The van der Waals surface area contributed by atoms with Gasteiger partial charge in [0.15, 0.2) is 0 Å². The molecule has 0 aromatic heterocycles. The summed E-state index contributed by atoms with van der Waals surface area (Å²) in [4.78, 5) is 0. The van der Waals surface area contributed by atoms with Crippen molar-refractivity contribution in [2.75, 3.05) is 6.61 Å². The van der Waals surface area contributed by atoms with Crippen LogP contribution in [-0.4, -0.2) is 25.4 Å². The Balaban J connectivity index is 2.43. The number of hydrogen-bond acceptors (Lipinski definition) is 4. The van der Waals surface area contributed by atoms with Crippen molar-refractivity contribution >= 4 is 30.4 Å². The van der Waals surface area contributed by atoms with Crippen LogP contribution in [0.25, 0.3) is 0 Å². The Labute approximate surface area is 134 Å². The standard InChI is InChI=1S/C14H13F2IO4S/c15-14(16,11-18)22(19,20)21-17(12-7-3-1-4-8-12)13-9-5-2-6-10-13/h1-10,18H,11H2. The van der Waals surface area contributed by atoms with Gasteiger partial charge in [-0.05, 0) is 0 Å². The second-order valence-corrected chi connectivity index (χ2v) is 10.8. The molecule has 2 rings (SSSR count). The quantitative estimate of drug-likeness (QED) is 0.699. The van der Waals surface area contributed by atoms with Crippen molar-refractivity contribution < 1.29 is 24.8 Å². The molecule has 8 heteroatoms. The fourth-order valence-electron chi connectivity index (χ4n) is 1.46. The Bertz CT molecular complexity index is 669. The van der Waals surface area contributed by atoms with Crippen LogP contribution < -0.4 is 0 Å². The van der Waals surface area contributed by atoms with Gasteiger partial charge in [0.1, 0.15) is 0 Å². The zero-order chi connectivity index (χ0) is 16.2. The summed E-state index contributed by atoms with van der Waals surface area (Å²) in [5.41, 5.74) is 0. The van der Waals surface area contributed by atoms with Crippen molar-refractivity contribution in [3.05, 3.63) is 67.8 Å². The molecule has 0 bridgehead atoms. The number of aliphatic hydroxyl groups excluding tert-OH is 1. The van der Waals surface area contributed by atoms with Crippen LogP contribution in [-0.2, 0) is 12.6 Å². The zero-order valence-electron chi connectivity index (χ0n) is 11.2. The molecule has 0 spiro atoms. The summed E-state index contributed by atoms with van der Waals surface area (Å²) in [6.45, 7) is -1.82. The SMILES string of the molecule is O=S(=O)(OI(c1ccccc1)c1ccccc1)C(F)(F)CO. The number of benzene rings is 2. The van der Waals surface area contributed by atoms with Gasteiger partial charge in [-0.25, -0.2) is 0 Å². The van der Waals surface area contributed by atoms with Crippen molar-refractivity contribution in [1.29, 1.82) is 0 Å². The van der Waals surface area contributed by atoms with E-state index in [1.807, 2.05) is 0 Å². The van der Waals surface area contributed by atoms with Crippen molar-refractivity contribution in [2.24, 2.45) is 0 Å². The topological polar surface area (TPSA) is 63.6 Å². The Kier molecular flexibility index (Phi) is 5.48. The minimum atomic E-state index is -5.22. The fraction of sp³-hybridized carbons (Fsp3) is 0.143. The molecule has 0 saturated heterocycles. The van der Waals surface area contributed by atoms with E-state index in [1.165, 1.54) is 0 Å². The normalized spacial score (nSPS) is 13.0. The maximum atomic E-state index is 13.4. The van der Waals surface area contributed by atoms with E-state index in [-0.39, 0.29) is 0 Å². The first-order valence-corrected chi connectivity index (χ1v) is 10.6. The Morgan fingerprint density at radius 1 is 0.955 bits per heavy atom. The van der Waals surface area contributed by atoms with Crippen molar-refractivity contribution in [1.82, 2.24) is 0 Å². The van der Waals surface area contributed by atoms with Crippen LogP contribution in [0.4, 0.5) is 8.78 Å². The molecule has 0 radical (unpaired) electrons. The average Bonchev–Trinajstić information content (AvgIpc) is 2.54.